The predicted octanol–water partition coefficient (Wildman–Crippen LogP) is 9.34. The van der Waals surface area contributed by atoms with Crippen molar-refractivity contribution < 1.29 is 0 Å². The van der Waals surface area contributed by atoms with Gasteiger partial charge in [-0.15, -0.1) is 0 Å². The minimum atomic E-state index is 0.226. The van der Waals surface area contributed by atoms with Crippen LogP contribution in [0.25, 0.3) is 0 Å². The summed E-state index contributed by atoms with van der Waals surface area (Å²) in [6.07, 6.45) is 12.7. The van der Waals surface area contributed by atoms with Gasteiger partial charge in [0.2, 0.25) is 0 Å². The maximum Gasteiger partial charge on any atom is 0.172 e. The van der Waals surface area contributed by atoms with Gasteiger partial charge in [0.15, 0.2) is 11.7 Å². The highest BCUT2D eigenvalue weighted by Crippen LogP contribution is 2.38. The molecule has 0 radical (unpaired) electrons. The van der Waals surface area contributed by atoms with Gasteiger partial charge in [-0.2, -0.15) is 0 Å². The molecule has 2 heterocycles. The lowest BCUT2D eigenvalue weighted by Gasteiger charge is -2.29. The van der Waals surface area contributed by atoms with E-state index in [4.69, 9.17) is 56.4 Å². The highest BCUT2D eigenvalue weighted by molar-refractivity contribution is 6.51. The first-order valence-corrected chi connectivity index (χ1v) is 15.6. The molecule has 2 fully saturated rings. The van der Waals surface area contributed by atoms with Gasteiger partial charge >= 0.3 is 0 Å². The van der Waals surface area contributed by atoms with Gasteiger partial charge in [-0.1, -0.05) is 84.9 Å². The van der Waals surface area contributed by atoms with Crippen molar-refractivity contribution >= 4 is 69.4 Å². The summed E-state index contributed by atoms with van der Waals surface area (Å²) in [5, 5.41) is 2.50. The van der Waals surface area contributed by atoms with Crippen LogP contribution in [-0.2, 0) is 0 Å². The van der Waals surface area contributed by atoms with Crippen molar-refractivity contribution in [1.82, 2.24) is 0 Å². The lowest BCUT2D eigenvalue weighted by atomic mass is 9.84. The highest BCUT2D eigenvalue weighted by Gasteiger charge is 2.41. The molecule has 2 atom stereocenters. The van der Waals surface area contributed by atoms with Crippen LogP contribution in [0.4, 0.5) is 11.4 Å². The minimum Gasteiger partial charge on any atom is -0.321 e. The Morgan fingerprint density at radius 1 is 0.500 bits per heavy atom. The van der Waals surface area contributed by atoms with E-state index < -0.39 is 0 Å². The van der Waals surface area contributed by atoms with Gasteiger partial charge in [-0.3, -0.25) is 9.98 Å². The van der Waals surface area contributed by atoms with Crippen LogP contribution < -0.4 is 9.80 Å². The molecule has 0 N–H and O–H groups in total. The fourth-order valence-corrected chi connectivity index (χ4v) is 7.86. The van der Waals surface area contributed by atoms with Crippen molar-refractivity contribution in [2.45, 2.75) is 76.3 Å². The Labute approximate surface area is 246 Å². The summed E-state index contributed by atoms with van der Waals surface area (Å²) < 4.78 is 0. The largest absolute Gasteiger partial charge is 0.321 e. The molecule has 0 spiro atoms. The number of hydrogen-bond acceptors (Lipinski definition) is 4. The number of amidine groups is 2. The van der Waals surface area contributed by atoms with Crippen molar-refractivity contribution in [3.63, 3.8) is 0 Å². The number of aliphatic imine (C=N–C) groups is 2. The van der Waals surface area contributed by atoms with E-state index in [9.17, 15) is 0 Å². The summed E-state index contributed by atoms with van der Waals surface area (Å²) >= 11 is 25.9. The van der Waals surface area contributed by atoms with E-state index in [1.807, 2.05) is 24.3 Å². The maximum absolute atomic E-state index is 6.48. The molecule has 6 rings (SSSR count). The topological polar surface area (TPSA) is 31.2 Å². The first-order valence-electron chi connectivity index (χ1n) is 14.1. The number of rotatable bonds is 5. The van der Waals surface area contributed by atoms with Crippen molar-refractivity contribution in [2.75, 3.05) is 22.9 Å². The van der Waals surface area contributed by atoms with Gasteiger partial charge in [0.1, 0.15) is 0 Å². The number of anilines is 2. The average molecular weight is 592 g/mol. The first-order chi connectivity index (χ1) is 18.4. The Morgan fingerprint density at radius 2 is 0.842 bits per heavy atom. The third kappa shape index (κ3) is 5.70. The molecule has 8 heteroatoms. The standard InChI is InChI=1S/C30H34Cl4N4/c31-21-11-22(32)14-25(13-21)37-17-27(19-7-3-1-4-8-19)35-29(37)30-36-28(20-9-5-2-6-10-20)18-38(30)26-15-23(33)12-24(34)16-26/h11-16,19-20,27-28H,1-10,17-18H2/t27-,28-/m1/s1. The molecule has 2 aliphatic heterocycles. The lowest BCUT2D eigenvalue weighted by molar-refractivity contribution is 0.315. The Kier molecular flexibility index (Phi) is 8.14. The number of hydrogen-bond donors (Lipinski definition) is 0. The molecular formula is C30H34Cl4N4. The van der Waals surface area contributed by atoms with Crippen molar-refractivity contribution in [2.24, 2.45) is 21.8 Å². The molecule has 4 nitrogen and oxygen atoms in total. The zero-order valence-electron chi connectivity index (χ0n) is 21.6. The molecule has 0 bridgehead atoms. The summed E-state index contributed by atoms with van der Waals surface area (Å²) in [6, 6.07) is 12.0. The molecule has 202 valence electrons. The summed E-state index contributed by atoms with van der Waals surface area (Å²) in [6.45, 7) is 1.63. The second-order valence-electron chi connectivity index (χ2n) is 11.3. The third-order valence-corrected chi connectivity index (χ3v) is 9.61. The smallest absolute Gasteiger partial charge is 0.172 e. The second-order valence-corrected chi connectivity index (χ2v) is 13.1. The van der Waals surface area contributed by atoms with Gasteiger partial charge in [-0.05, 0) is 73.9 Å². The summed E-state index contributed by atoms with van der Waals surface area (Å²) in [4.78, 5) is 15.4. The maximum atomic E-state index is 6.48. The van der Waals surface area contributed by atoms with Crippen LogP contribution in [0.15, 0.2) is 46.4 Å². The minimum absolute atomic E-state index is 0.226. The van der Waals surface area contributed by atoms with Crippen LogP contribution >= 0.6 is 46.4 Å². The van der Waals surface area contributed by atoms with E-state index in [0.29, 0.717) is 31.9 Å². The third-order valence-electron chi connectivity index (χ3n) is 8.73. The monoisotopic (exact) mass is 590 g/mol. The van der Waals surface area contributed by atoms with Gasteiger partial charge in [-0.25, -0.2) is 0 Å². The SMILES string of the molecule is Clc1cc(Cl)cc(N2C[C@H](C3CCCCC3)N=C2C2=N[C@@H](C3CCCCC3)CN2c2cc(Cl)cc(Cl)c2)c1. The molecule has 2 aliphatic carbocycles. The van der Waals surface area contributed by atoms with Gasteiger partial charge in [0, 0.05) is 44.6 Å². The zero-order chi connectivity index (χ0) is 26.2. The van der Waals surface area contributed by atoms with Crippen LogP contribution in [0.1, 0.15) is 64.2 Å². The number of nitrogens with zero attached hydrogens (tertiary/aromatic N) is 4. The van der Waals surface area contributed by atoms with Crippen molar-refractivity contribution in [3.05, 3.63) is 56.5 Å². The van der Waals surface area contributed by atoms with Gasteiger partial charge < -0.3 is 9.80 Å². The number of halogens is 4. The Bertz CT molecular complexity index is 1100. The van der Waals surface area contributed by atoms with Crippen LogP contribution in [0.3, 0.4) is 0 Å². The molecular weight excluding hydrogens is 558 g/mol. The fraction of sp³-hybridized carbons (Fsp3) is 0.533. The quantitative estimate of drug-likeness (QED) is 0.347. The molecule has 38 heavy (non-hydrogen) atoms. The highest BCUT2D eigenvalue weighted by atomic mass is 35.5. The first kappa shape index (κ1) is 26.7. The summed E-state index contributed by atoms with van der Waals surface area (Å²) in [5.41, 5.74) is 1.93. The van der Waals surface area contributed by atoms with Gasteiger partial charge in [0.05, 0.1) is 12.1 Å². The van der Waals surface area contributed by atoms with Gasteiger partial charge in [0.25, 0.3) is 0 Å². The summed E-state index contributed by atoms with van der Waals surface area (Å²) in [5.74, 6) is 2.99. The van der Waals surface area contributed by atoms with Crippen LogP contribution in [0.2, 0.25) is 20.1 Å². The molecule has 0 amide bonds. The molecule has 2 aromatic rings. The van der Waals surface area contributed by atoms with Crippen LogP contribution in [0, 0.1) is 11.8 Å². The van der Waals surface area contributed by atoms with E-state index in [-0.39, 0.29) is 12.1 Å². The Balaban J connectivity index is 1.43. The lowest BCUT2D eigenvalue weighted by Crippen LogP contribution is -2.42. The zero-order valence-corrected chi connectivity index (χ0v) is 24.6. The summed E-state index contributed by atoms with van der Waals surface area (Å²) in [7, 11) is 0. The Hall–Kier alpha value is -1.46. The Morgan fingerprint density at radius 3 is 1.18 bits per heavy atom. The molecule has 0 aromatic heterocycles. The van der Waals surface area contributed by atoms with E-state index in [1.54, 1.807) is 12.1 Å². The van der Waals surface area contributed by atoms with Crippen molar-refractivity contribution in [3.8, 4) is 0 Å². The van der Waals surface area contributed by atoms with E-state index >= 15 is 0 Å². The number of benzene rings is 2. The average Bonchev–Trinajstić information content (AvgIpc) is 3.54. The van der Waals surface area contributed by atoms with Crippen LogP contribution in [-0.4, -0.2) is 36.8 Å². The van der Waals surface area contributed by atoms with E-state index in [0.717, 1.165) is 36.1 Å². The normalized spacial score (nSPS) is 25.2. The molecule has 4 aliphatic rings. The fourth-order valence-electron chi connectivity index (χ4n) is 6.83. The van der Waals surface area contributed by atoms with E-state index in [2.05, 4.69) is 9.80 Å². The van der Waals surface area contributed by atoms with E-state index in [1.165, 1.54) is 64.2 Å². The molecule has 2 aromatic carbocycles. The molecule has 0 unspecified atom stereocenters. The second kappa shape index (κ2) is 11.6. The molecule has 2 saturated carbocycles. The van der Waals surface area contributed by atoms with Crippen LogP contribution in [0.5, 0.6) is 0 Å². The molecule has 0 saturated heterocycles. The van der Waals surface area contributed by atoms with Crippen molar-refractivity contribution in [1.29, 1.82) is 0 Å². The predicted molar refractivity (Wildman–Crippen MR) is 163 cm³/mol.